The Morgan fingerprint density at radius 1 is 1.28 bits per heavy atom. The summed E-state index contributed by atoms with van der Waals surface area (Å²) < 4.78 is 7.66. The minimum atomic E-state index is 0.577. The van der Waals surface area contributed by atoms with Crippen molar-refractivity contribution in [3.8, 4) is 5.75 Å². The Morgan fingerprint density at radius 3 is 2.83 bits per heavy atom. The predicted octanol–water partition coefficient (Wildman–Crippen LogP) is 3.42. The summed E-state index contributed by atoms with van der Waals surface area (Å²) in [5.74, 6) is 2.78. The molecule has 0 unspecified atom stereocenters. The van der Waals surface area contributed by atoms with Gasteiger partial charge in [-0.3, -0.25) is 4.99 Å². The van der Waals surface area contributed by atoms with Gasteiger partial charge in [-0.15, -0.1) is 10.2 Å². The minimum absolute atomic E-state index is 0.577. The van der Waals surface area contributed by atoms with Crippen LogP contribution in [0.15, 0.2) is 34.4 Å². The van der Waals surface area contributed by atoms with Crippen molar-refractivity contribution in [2.24, 2.45) is 4.99 Å². The molecule has 1 fully saturated rings. The summed E-state index contributed by atoms with van der Waals surface area (Å²) >= 11 is 1.69. The second-order valence-electron chi connectivity index (χ2n) is 7.22. The van der Waals surface area contributed by atoms with Crippen LogP contribution in [0, 0.1) is 0 Å². The number of hydrogen-bond donors (Lipinski definition) is 2. The summed E-state index contributed by atoms with van der Waals surface area (Å²) in [4.78, 5) is 4.31. The van der Waals surface area contributed by atoms with Crippen molar-refractivity contribution in [2.45, 2.75) is 56.3 Å². The van der Waals surface area contributed by atoms with Crippen LogP contribution in [0.25, 0.3) is 0 Å². The Hall–Kier alpha value is -2.22. The highest BCUT2D eigenvalue weighted by atomic mass is 32.2. The lowest BCUT2D eigenvalue weighted by Gasteiger charge is -2.16. The highest BCUT2D eigenvalue weighted by Crippen LogP contribution is 2.33. The summed E-state index contributed by atoms with van der Waals surface area (Å²) in [7, 11) is 3.48. The van der Waals surface area contributed by atoms with E-state index in [4.69, 9.17) is 4.74 Å². The number of nitrogens with one attached hydrogen (secondary N) is 2. The minimum Gasteiger partial charge on any atom is -0.497 e. The molecule has 8 heteroatoms. The molecule has 7 nitrogen and oxygen atoms in total. The van der Waals surface area contributed by atoms with Gasteiger partial charge in [-0.2, -0.15) is 0 Å². The van der Waals surface area contributed by atoms with Gasteiger partial charge in [0.05, 0.1) is 7.11 Å². The van der Waals surface area contributed by atoms with Gasteiger partial charge in [-0.05, 0) is 43.2 Å². The first-order chi connectivity index (χ1) is 14.2. The summed E-state index contributed by atoms with van der Waals surface area (Å²) in [5, 5.41) is 16.7. The molecule has 3 rings (SSSR count). The molecular weight excluding hydrogens is 384 g/mol. The van der Waals surface area contributed by atoms with Crippen molar-refractivity contribution in [3.63, 3.8) is 0 Å². The van der Waals surface area contributed by atoms with Crippen LogP contribution in [-0.2, 0) is 13.0 Å². The second kappa shape index (κ2) is 11.1. The van der Waals surface area contributed by atoms with Gasteiger partial charge in [0, 0.05) is 32.6 Å². The Morgan fingerprint density at radius 2 is 2.10 bits per heavy atom. The van der Waals surface area contributed by atoms with E-state index in [1.165, 1.54) is 25.7 Å². The number of aromatic nitrogens is 3. The number of hydrogen-bond acceptors (Lipinski definition) is 5. The number of benzene rings is 1. The average molecular weight is 417 g/mol. The molecule has 1 aromatic heterocycles. The van der Waals surface area contributed by atoms with Crippen LogP contribution in [0.3, 0.4) is 0 Å². The maximum Gasteiger partial charge on any atom is 0.191 e. The molecule has 0 bridgehead atoms. The molecule has 29 heavy (non-hydrogen) atoms. The van der Waals surface area contributed by atoms with E-state index in [-0.39, 0.29) is 0 Å². The summed E-state index contributed by atoms with van der Waals surface area (Å²) in [6, 6.07) is 8.62. The summed E-state index contributed by atoms with van der Waals surface area (Å²) in [6.07, 6.45) is 9.11. The first-order valence-corrected chi connectivity index (χ1v) is 11.5. The standard InChI is InChI=1S/C21H32N6OS/c1-22-20(24-15-16-8-6-11-18(14-16)28-2)23-13-7-12-19-25-26-21(29-3)27(19)17-9-4-5-10-17/h6,8,11,14,17H,4-5,7,9-10,12-13,15H2,1-3H3,(H2,22,23,24). The first-order valence-electron chi connectivity index (χ1n) is 10.3. The van der Waals surface area contributed by atoms with E-state index in [2.05, 4.69) is 42.7 Å². The van der Waals surface area contributed by atoms with Gasteiger partial charge < -0.3 is 19.9 Å². The largest absolute Gasteiger partial charge is 0.497 e. The monoisotopic (exact) mass is 416 g/mol. The van der Waals surface area contributed by atoms with E-state index in [0.717, 1.165) is 47.6 Å². The number of rotatable bonds is 9. The number of methoxy groups -OCH3 is 1. The van der Waals surface area contributed by atoms with Crippen molar-refractivity contribution in [3.05, 3.63) is 35.7 Å². The lowest BCUT2D eigenvalue weighted by atomic mass is 10.2. The zero-order chi connectivity index (χ0) is 20.5. The molecule has 0 saturated heterocycles. The van der Waals surface area contributed by atoms with Gasteiger partial charge in [0.1, 0.15) is 11.6 Å². The lowest BCUT2D eigenvalue weighted by Crippen LogP contribution is -2.37. The molecule has 2 aromatic rings. The van der Waals surface area contributed by atoms with E-state index < -0.39 is 0 Å². The molecule has 0 radical (unpaired) electrons. The smallest absolute Gasteiger partial charge is 0.191 e. The Labute approximate surface area is 177 Å². The van der Waals surface area contributed by atoms with Crippen LogP contribution < -0.4 is 15.4 Å². The number of guanidine groups is 1. The SMILES string of the molecule is CN=C(NCCCc1nnc(SC)n1C1CCCC1)NCc1cccc(OC)c1. The third-order valence-corrected chi connectivity index (χ3v) is 5.94. The summed E-state index contributed by atoms with van der Waals surface area (Å²) in [6.45, 7) is 1.54. The van der Waals surface area contributed by atoms with Crippen LogP contribution in [0.5, 0.6) is 5.75 Å². The van der Waals surface area contributed by atoms with Crippen LogP contribution in [0.2, 0.25) is 0 Å². The van der Waals surface area contributed by atoms with Crippen molar-refractivity contribution in [2.75, 3.05) is 27.0 Å². The van der Waals surface area contributed by atoms with E-state index >= 15 is 0 Å². The Balaban J connectivity index is 1.46. The van der Waals surface area contributed by atoms with Gasteiger partial charge in [-0.1, -0.05) is 36.7 Å². The highest BCUT2D eigenvalue weighted by Gasteiger charge is 2.23. The topological polar surface area (TPSA) is 76.4 Å². The fourth-order valence-electron chi connectivity index (χ4n) is 3.79. The van der Waals surface area contributed by atoms with Crippen molar-refractivity contribution in [1.82, 2.24) is 25.4 Å². The molecular formula is C21H32N6OS. The van der Waals surface area contributed by atoms with E-state index in [1.54, 1.807) is 25.9 Å². The number of aliphatic imine (C=N–C) groups is 1. The number of aryl methyl sites for hydroxylation is 1. The van der Waals surface area contributed by atoms with E-state index in [1.807, 2.05) is 18.2 Å². The molecule has 0 spiro atoms. The predicted molar refractivity (Wildman–Crippen MR) is 119 cm³/mol. The maximum atomic E-state index is 5.28. The van der Waals surface area contributed by atoms with Crippen molar-refractivity contribution in [1.29, 1.82) is 0 Å². The molecule has 0 amide bonds. The molecule has 1 aromatic carbocycles. The van der Waals surface area contributed by atoms with Gasteiger partial charge in [-0.25, -0.2) is 0 Å². The quantitative estimate of drug-likeness (QED) is 0.282. The van der Waals surface area contributed by atoms with Crippen LogP contribution in [-0.4, -0.2) is 47.7 Å². The molecule has 1 saturated carbocycles. The summed E-state index contributed by atoms with van der Waals surface area (Å²) in [5.41, 5.74) is 1.15. The molecule has 1 aliphatic rings. The number of thioether (sulfide) groups is 1. The lowest BCUT2D eigenvalue weighted by molar-refractivity contribution is 0.414. The van der Waals surface area contributed by atoms with Gasteiger partial charge in [0.2, 0.25) is 0 Å². The van der Waals surface area contributed by atoms with Gasteiger partial charge >= 0.3 is 0 Å². The number of nitrogens with zero attached hydrogens (tertiary/aromatic N) is 4. The Bertz CT molecular complexity index is 800. The number of ether oxygens (including phenoxy) is 1. The highest BCUT2D eigenvalue weighted by molar-refractivity contribution is 7.98. The fraction of sp³-hybridized carbons (Fsp3) is 0.571. The molecule has 1 heterocycles. The van der Waals surface area contributed by atoms with Crippen LogP contribution in [0.4, 0.5) is 0 Å². The zero-order valence-electron chi connectivity index (χ0n) is 17.6. The Kier molecular flexibility index (Phi) is 8.22. The fourth-order valence-corrected chi connectivity index (χ4v) is 4.36. The average Bonchev–Trinajstić information content (AvgIpc) is 3.42. The van der Waals surface area contributed by atoms with Crippen LogP contribution >= 0.6 is 11.8 Å². The maximum absolute atomic E-state index is 5.28. The third-order valence-electron chi connectivity index (χ3n) is 5.29. The first kappa shape index (κ1) is 21.5. The van der Waals surface area contributed by atoms with Gasteiger partial charge in [0.25, 0.3) is 0 Å². The van der Waals surface area contributed by atoms with E-state index in [0.29, 0.717) is 12.6 Å². The third kappa shape index (κ3) is 5.88. The molecule has 0 aliphatic heterocycles. The van der Waals surface area contributed by atoms with Gasteiger partial charge in [0.15, 0.2) is 11.1 Å². The van der Waals surface area contributed by atoms with Crippen LogP contribution in [0.1, 0.15) is 49.5 Å². The normalized spacial score (nSPS) is 14.9. The second-order valence-corrected chi connectivity index (χ2v) is 7.99. The van der Waals surface area contributed by atoms with Crippen molar-refractivity contribution >= 4 is 17.7 Å². The molecule has 158 valence electrons. The molecule has 0 atom stereocenters. The molecule has 2 N–H and O–H groups in total. The zero-order valence-corrected chi connectivity index (χ0v) is 18.5. The molecule has 1 aliphatic carbocycles. The van der Waals surface area contributed by atoms with E-state index in [9.17, 15) is 0 Å². The van der Waals surface area contributed by atoms with Crippen molar-refractivity contribution < 1.29 is 4.74 Å².